The zero-order valence-corrected chi connectivity index (χ0v) is 14.5. The number of para-hydroxylation sites is 1. The smallest absolute Gasteiger partial charge is 0.267 e. The van der Waals surface area contributed by atoms with Crippen molar-refractivity contribution in [3.05, 3.63) is 107 Å². The molecule has 1 amide bonds. The van der Waals surface area contributed by atoms with Crippen LogP contribution in [-0.2, 0) is 4.79 Å². The number of aryl methyl sites for hydroxylation is 1. The number of carbonyl (C=O) groups is 1. The van der Waals surface area contributed by atoms with Crippen molar-refractivity contribution in [2.75, 3.05) is 5.01 Å². The molecule has 3 heteroatoms. The number of rotatable bonds is 3. The van der Waals surface area contributed by atoms with E-state index in [4.69, 9.17) is 0 Å². The Hall–Kier alpha value is -3.46. The van der Waals surface area contributed by atoms with Crippen LogP contribution in [0.5, 0.6) is 0 Å². The maximum Gasteiger partial charge on any atom is 0.281 e. The summed E-state index contributed by atoms with van der Waals surface area (Å²) in [5, 5.41) is 6.11. The summed E-state index contributed by atoms with van der Waals surface area (Å²) in [5.41, 5.74) is 5.16. The maximum atomic E-state index is 13.1. The Morgan fingerprint density at radius 1 is 0.808 bits per heavy atom. The molecular weight excluding hydrogens is 320 g/mol. The van der Waals surface area contributed by atoms with Gasteiger partial charge in [-0.1, -0.05) is 78.4 Å². The first-order chi connectivity index (χ1) is 12.7. The van der Waals surface area contributed by atoms with Crippen LogP contribution in [0.15, 0.2) is 95.6 Å². The van der Waals surface area contributed by atoms with Crippen LogP contribution in [0.3, 0.4) is 0 Å². The number of hydrazone groups is 1. The third-order valence-corrected chi connectivity index (χ3v) is 4.31. The van der Waals surface area contributed by atoms with Crippen LogP contribution in [0.4, 0.5) is 5.69 Å². The molecule has 1 aliphatic heterocycles. The number of nitrogens with zero attached hydrogens (tertiary/aromatic N) is 2. The van der Waals surface area contributed by atoms with E-state index >= 15 is 0 Å². The molecule has 1 aliphatic rings. The molecule has 3 nitrogen and oxygen atoms in total. The molecule has 0 saturated heterocycles. The van der Waals surface area contributed by atoms with Gasteiger partial charge < -0.3 is 0 Å². The summed E-state index contributed by atoms with van der Waals surface area (Å²) in [6.07, 6.45) is 1.91. The third-order valence-electron chi connectivity index (χ3n) is 4.31. The first-order valence-electron chi connectivity index (χ1n) is 8.55. The standard InChI is InChI=1S/C23H18N2O/c1-17-12-14-18(15-13-17)16-21-22(19-8-4-2-5-9-19)24-25(23(21)26)20-10-6-3-7-11-20/h2-16H,1H3/b21-16-. The number of hydrogen-bond acceptors (Lipinski definition) is 2. The van der Waals surface area contributed by atoms with Crippen molar-refractivity contribution < 1.29 is 4.79 Å². The van der Waals surface area contributed by atoms with Crippen LogP contribution in [0, 0.1) is 6.92 Å². The summed E-state index contributed by atoms with van der Waals surface area (Å²) in [5.74, 6) is -0.115. The number of amides is 1. The van der Waals surface area contributed by atoms with Gasteiger partial charge in [0.2, 0.25) is 0 Å². The van der Waals surface area contributed by atoms with Crippen LogP contribution in [0.25, 0.3) is 6.08 Å². The van der Waals surface area contributed by atoms with E-state index in [9.17, 15) is 4.79 Å². The number of benzene rings is 3. The lowest BCUT2D eigenvalue weighted by Crippen LogP contribution is -2.21. The Morgan fingerprint density at radius 3 is 2.08 bits per heavy atom. The van der Waals surface area contributed by atoms with Gasteiger partial charge in [-0.15, -0.1) is 0 Å². The highest BCUT2D eigenvalue weighted by Crippen LogP contribution is 2.27. The highest BCUT2D eigenvalue weighted by molar-refractivity contribution is 6.37. The molecule has 0 spiro atoms. The largest absolute Gasteiger partial charge is 0.281 e. The van der Waals surface area contributed by atoms with Gasteiger partial charge in [0.1, 0.15) is 5.71 Å². The zero-order valence-electron chi connectivity index (χ0n) is 14.5. The van der Waals surface area contributed by atoms with Gasteiger partial charge in [-0.3, -0.25) is 4.79 Å². The average molecular weight is 338 g/mol. The summed E-state index contributed by atoms with van der Waals surface area (Å²) in [6, 6.07) is 27.4. The van der Waals surface area contributed by atoms with Crippen LogP contribution in [-0.4, -0.2) is 11.6 Å². The fraction of sp³-hybridized carbons (Fsp3) is 0.0435. The van der Waals surface area contributed by atoms with Gasteiger partial charge in [0.05, 0.1) is 11.3 Å². The molecule has 1 heterocycles. The zero-order chi connectivity index (χ0) is 17.9. The summed E-state index contributed by atoms with van der Waals surface area (Å²) in [6.45, 7) is 2.05. The Bertz CT molecular complexity index is 987. The summed E-state index contributed by atoms with van der Waals surface area (Å²) >= 11 is 0. The normalized spacial score (nSPS) is 15.4. The molecule has 0 radical (unpaired) electrons. The minimum absolute atomic E-state index is 0.115. The van der Waals surface area contributed by atoms with E-state index in [1.807, 2.05) is 97.9 Å². The fourth-order valence-corrected chi connectivity index (χ4v) is 2.93. The molecule has 126 valence electrons. The molecular formula is C23H18N2O. The quantitative estimate of drug-likeness (QED) is 0.630. The fourth-order valence-electron chi connectivity index (χ4n) is 2.93. The second-order valence-corrected chi connectivity index (χ2v) is 6.24. The van der Waals surface area contributed by atoms with Gasteiger partial charge in [0, 0.05) is 5.56 Å². The predicted molar refractivity (Wildman–Crippen MR) is 106 cm³/mol. The lowest BCUT2D eigenvalue weighted by molar-refractivity contribution is -0.114. The number of hydrogen-bond donors (Lipinski definition) is 0. The minimum atomic E-state index is -0.115. The average Bonchev–Trinajstić information content (AvgIpc) is 3.01. The lowest BCUT2D eigenvalue weighted by atomic mass is 10.00. The highest BCUT2D eigenvalue weighted by atomic mass is 16.2. The highest BCUT2D eigenvalue weighted by Gasteiger charge is 2.31. The minimum Gasteiger partial charge on any atom is -0.267 e. The van der Waals surface area contributed by atoms with Crippen molar-refractivity contribution in [1.29, 1.82) is 0 Å². The molecule has 3 aromatic carbocycles. The van der Waals surface area contributed by atoms with Crippen LogP contribution >= 0.6 is 0 Å². The molecule has 0 aliphatic carbocycles. The van der Waals surface area contributed by atoms with Gasteiger partial charge in [-0.25, -0.2) is 0 Å². The molecule has 0 aromatic heterocycles. The van der Waals surface area contributed by atoms with Gasteiger partial charge in [-0.2, -0.15) is 10.1 Å². The second-order valence-electron chi connectivity index (χ2n) is 6.24. The molecule has 0 saturated carbocycles. The van der Waals surface area contributed by atoms with Crippen molar-refractivity contribution in [3.63, 3.8) is 0 Å². The van der Waals surface area contributed by atoms with Crippen molar-refractivity contribution in [2.45, 2.75) is 6.92 Å². The van der Waals surface area contributed by atoms with Crippen molar-refractivity contribution in [1.82, 2.24) is 0 Å². The van der Waals surface area contributed by atoms with Crippen LogP contribution in [0.1, 0.15) is 16.7 Å². The topological polar surface area (TPSA) is 32.7 Å². The van der Waals surface area contributed by atoms with E-state index in [2.05, 4.69) is 5.10 Å². The summed E-state index contributed by atoms with van der Waals surface area (Å²) in [7, 11) is 0. The Labute approximate surface area is 152 Å². The van der Waals surface area contributed by atoms with E-state index in [1.165, 1.54) is 10.6 Å². The molecule has 0 bridgehead atoms. The molecule has 26 heavy (non-hydrogen) atoms. The molecule has 0 atom stereocenters. The Balaban J connectivity index is 1.82. The molecule has 0 N–H and O–H groups in total. The number of carbonyl (C=O) groups excluding carboxylic acids is 1. The third kappa shape index (κ3) is 3.07. The molecule has 4 rings (SSSR count). The summed E-state index contributed by atoms with van der Waals surface area (Å²) in [4.78, 5) is 13.1. The van der Waals surface area contributed by atoms with Crippen molar-refractivity contribution in [2.24, 2.45) is 5.10 Å². The van der Waals surface area contributed by atoms with E-state index in [0.29, 0.717) is 11.3 Å². The lowest BCUT2D eigenvalue weighted by Gasteiger charge is -2.10. The summed E-state index contributed by atoms with van der Waals surface area (Å²) < 4.78 is 0. The van der Waals surface area contributed by atoms with Gasteiger partial charge in [0.25, 0.3) is 5.91 Å². The van der Waals surface area contributed by atoms with E-state index < -0.39 is 0 Å². The monoisotopic (exact) mass is 338 g/mol. The van der Waals surface area contributed by atoms with Crippen LogP contribution in [0.2, 0.25) is 0 Å². The first kappa shape index (κ1) is 16.0. The maximum absolute atomic E-state index is 13.1. The molecule has 0 unspecified atom stereocenters. The van der Waals surface area contributed by atoms with Crippen molar-refractivity contribution >= 4 is 23.4 Å². The Morgan fingerprint density at radius 2 is 1.42 bits per heavy atom. The predicted octanol–water partition coefficient (Wildman–Crippen LogP) is 4.83. The van der Waals surface area contributed by atoms with Crippen LogP contribution < -0.4 is 5.01 Å². The van der Waals surface area contributed by atoms with E-state index in [1.54, 1.807) is 0 Å². The van der Waals surface area contributed by atoms with Gasteiger partial charge in [-0.05, 0) is 30.7 Å². The van der Waals surface area contributed by atoms with E-state index in [0.717, 1.165) is 16.8 Å². The number of anilines is 1. The SMILES string of the molecule is Cc1ccc(/C=C2\C(=O)N(c3ccccc3)N=C2c2ccccc2)cc1. The molecule has 3 aromatic rings. The first-order valence-corrected chi connectivity index (χ1v) is 8.55. The van der Waals surface area contributed by atoms with Gasteiger partial charge >= 0.3 is 0 Å². The van der Waals surface area contributed by atoms with Crippen molar-refractivity contribution in [3.8, 4) is 0 Å². The van der Waals surface area contributed by atoms with Gasteiger partial charge in [0.15, 0.2) is 0 Å². The Kier molecular flexibility index (Phi) is 4.20. The van der Waals surface area contributed by atoms with E-state index in [-0.39, 0.29) is 5.91 Å². The second kappa shape index (κ2) is 6.81. The molecule has 0 fully saturated rings.